The van der Waals surface area contributed by atoms with Gasteiger partial charge in [-0.3, -0.25) is 0 Å². The Kier molecular flexibility index (Phi) is 19.2. The van der Waals surface area contributed by atoms with Gasteiger partial charge in [-0.15, -0.1) is 11.3 Å². The summed E-state index contributed by atoms with van der Waals surface area (Å²) < 4.78 is 14.9. The Balaban J connectivity index is 0.000000106. The highest BCUT2D eigenvalue weighted by molar-refractivity contribution is 7.26. The molecule has 0 atom stereocenters. The van der Waals surface area contributed by atoms with Crippen molar-refractivity contribution in [3.8, 4) is 114 Å². The summed E-state index contributed by atoms with van der Waals surface area (Å²) in [5.74, 6) is 5.76. The number of furan rings is 2. The molecule has 0 fully saturated rings. The molecular weight excluding hydrogens is 1720 g/mol. The first-order chi connectivity index (χ1) is 68.9. The lowest BCUT2D eigenvalue weighted by atomic mass is 9.89. The van der Waals surface area contributed by atoms with Crippen LogP contribution >= 0.6 is 11.3 Å². The summed E-state index contributed by atoms with van der Waals surface area (Å²) in [5, 5.41) is 30.7. The van der Waals surface area contributed by atoms with Crippen molar-refractivity contribution in [2.45, 2.75) is 0 Å². The molecule has 0 aliphatic heterocycles. The normalized spacial score (nSPS) is 11.7. The van der Waals surface area contributed by atoms with Crippen LogP contribution in [0.5, 0.6) is 0 Å². The molecule has 139 heavy (non-hydrogen) atoms. The Morgan fingerprint density at radius 2 is 0.439 bits per heavy atom. The van der Waals surface area contributed by atoms with E-state index in [2.05, 4.69) is 328 Å². The van der Waals surface area contributed by atoms with E-state index in [1.807, 2.05) is 127 Å². The minimum Gasteiger partial charge on any atom is -0.456 e. The van der Waals surface area contributed by atoms with Crippen molar-refractivity contribution in [1.82, 2.24) is 44.9 Å². The van der Waals surface area contributed by atoms with Crippen molar-refractivity contribution >= 4 is 183 Å². The number of rotatable bonds is 10. The summed E-state index contributed by atoms with van der Waals surface area (Å²) in [4.78, 5) is 46.2. The molecule has 0 N–H and O–H groups in total. The molecule has 0 saturated carbocycles. The second-order valence-corrected chi connectivity index (χ2v) is 36.3. The van der Waals surface area contributed by atoms with Crippen LogP contribution in [0.3, 0.4) is 0 Å². The molecule has 0 amide bonds. The lowest BCUT2D eigenvalue weighted by Crippen LogP contribution is -2.01. The molecule has 0 spiro atoms. The Morgan fingerprint density at radius 1 is 0.137 bits per heavy atom. The average Bonchev–Trinajstić information content (AvgIpc) is 0.882. The topological polar surface area (TPSA) is 142 Å². The molecule has 0 bridgehead atoms. The molecule has 0 aliphatic rings. The predicted molar refractivity (Wildman–Crippen MR) is 576 cm³/mol. The molecule has 6 heterocycles. The van der Waals surface area contributed by atoms with Crippen LogP contribution in [0.4, 0.5) is 0 Å². The van der Waals surface area contributed by atoms with Gasteiger partial charge < -0.3 is 8.83 Å². The third-order valence-corrected chi connectivity index (χ3v) is 28.3. The number of nitrogens with zero attached hydrogens (tertiary/aromatic N) is 9. The summed E-state index contributed by atoms with van der Waals surface area (Å²) >= 11 is 1.80. The minimum atomic E-state index is 0.607. The first kappa shape index (κ1) is 80.2. The van der Waals surface area contributed by atoms with Crippen LogP contribution in [-0.4, -0.2) is 44.9 Å². The fourth-order valence-electron chi connectivity index (χ4n) is 20.6. The van der Waals surface area contributed by atoms with E-state index in [0.717, 1.165) is 127 Å². The molecule has 0 unspecified atom stereocenters. The molecule has 6 aromatic heterocycles. The van der Waals surface area contributed by atoms with Gasteiger partial charge in [0, 0.05) is 91.8 Å². The van der Waals surface area contributed by atoms with Crippen LogP contribution in [0.15, 0.2) is 464 Å². The number of thiophene rings is 1. The molecule has 0 aliphatic carbocycles. The van der Waals surface area contributed by atoms with Gasteiger partial charge in [-0.25, -0.2) is 44.9 Å². The lowest BCUT2D eigenvalue weighted by molar-refractivity contribution is 0.668. The maximum Gasteiger partial charge on any atom is 0.164 e. The highest BCUT2D eigenvalue weighted by atomic mass is 32.1. The van der Waals surface area contributed by atoms with E-state index in [-0.39, 0.29) is 0 Å². The van der Waals surface area contributed by atoms with Crippen LogP contribution in [0.2, 0.25) is 0 Å². The first-order valence-corrected chi connectivity index (χ1v) is 47.4. The first-order valence-electron chi connectivity index (χ1n) is 46.6. The third-order valence-electron chi connectivity index (χ3n) is 27.2. The highest BCUT2D eigenvalue weighted by Crippen LogP contribution is 2.47. The van der Waals surface area contributed by atoms with Crippen molar-refractivity contribution in [3.05, 3.63) is 455 Å². The standard InChI is InChI=1S/C49H29N3O.C39H23N3O.C39H23N3S/c1-2-12-31(13-3-1)47-50-48(34-22-26-46-43(29-34)41-17-8-9-20-45(41)53-46)52-49(51-47)44-28-33-15-5-4-14-32(33)27-42(44)37-19-10-18-36-39-23-21-30-11-6-7-16-35(30)38(39)24-25-40(36)37;2*1-2-11-25(12-3-1)37-40-38(42-39(41-37)33-17-9-19-35-36(33)32-14-6-7-18-34(32)43-35)31-16-8-15-27-29-21-20-24-10-4-5-13-26(24)28(29)22-23-30(27)31/h1-29H;2*1-23H. The zero-order chi connectivity index (χ0) is 91.5. The van der Waals surface area contributed by atoms with Gasteiger partial charge in [-0.2, -0.15) is 0 Å². The van der Waals surface area contributed by atoms with Crippen molar-refractivity contribution in [3.63, 3.8) is 0 Å². The molecule has 12 heteroatoms. The fourth-order valence-corrected chi connectivity index (χ4v) is 21.8. The van der Waals surface area contributed by atoms with Crippen molar-refractivity contribution in [2.24, 2.45) is 0 Å². The van der Waals surface area contributed by atoms with E-state index in [0.29, 0.717) is 52.4 Å². The predicted octanol–water partition coefficient (Wildman–Crippen LogP) is 34.0. The van der Waals surface area contributed by atoms with E-state index < -0.39 is 0 Å². The zero-order valence-corrected chi connectivity index (χ0v) is 75.4. The molecular formula is C127H75N9O2S. The van der Waals surface area contributed by atoms with E-state index in [1.165, 1.54) is 106 Å². The minimum absolute atomic E-state index is 0.607. The van der Waals surface area contributed by atoms with Gasteiger partial charge in [0.25, 0.3) is 0 Å². The van der Waals surface area contributed by atoms with Crippen LogP contribution < -0.4 is 0 Å². The molecule has 0 saturated heterocycles. The molecule has 23 aromatic carbocycles. The number of benzene rings is 23. The van der Waals surface area contributed by atoms with Gasteiger partial charge in [0.1, 0.15) is 22.3 Å². The number of hydrogen-bond donors (Lipinski definition) is 0. The Morgan fingerprint density at radius 3 is 0.957 bits per heavy atom. The summed E-state index contributed by atoms with van der Waals surface area (Å²) in [5.41, 5.74) is 14.1. The lowest BCUT2D eigenvalue weighted by Gasteiger charge is -2.16. The van der Waals surface area contributed by atoms with E-state index in [9.17, 15) is 0 Å². The van der Waals surface area contributed by atoms with Gasteiger partial charge >= 0.3 is 0 Å². The number of aromatic nitrogens is 9. The second kappa shape index (κ2) is 33.3. The Bertz CT molecular complexity index is 9730. The maximum absolute atomic E-state index is 6.20. The largest absolute Gasteiger partial charge is 0.456 e. The van der Waals surface area contributed by atoms with Crippen LogP contribution in [0.1, 0.15) is 0 Å². The van der Waals surface area contributed by atoms with Gasteiger partial charge in [0.15, 0.2) is 52.4 Å². The van der Waals surface area contributed by atoms with Crippen molar-refractivity contribution in [2.75, 3.05) is 0 Å². The summed E-state index contributed by atoms with van der Waals surface area (Å²) in [6.45, 7) is 0. The van der Waals surface area contributed by atoms with E-state index >= 15 is 0 Å². The number of para-hydroxylation sites is 2. The highest BCUT2D eigenvalue weighted by Gasteiger charge is 2.26. The van der Waals surface area contributed by atoms with Crippen LogP contribution in [0, 0.1) is 0 Å². The van der Waals surface area contributed by atoms with Crippen LogP contribution in [-0.2, 0) is 0 Å². The summed E-state index contributed by atoms with van der Waals surface area (Å²) in [6, 6.07) is 159. The second-order valence-electron chi connectivity index (χ2n) is 35.2. The third kappa shape index (κ3) is 14.0. The number of hydrogen-bond acceptors (Lipinski definition) is 12. The number of fused-ring (bicyclic) bond motifs is 25. The molecule has 0 radical (unpaired) electrons. The van der Waals surface area contributed by atoms with Crippen molar-refractivity contribution < 1.29 is 8.83 Å². The molecule has 11 nitrogen and oxygen atoms in total. The Labute approximate surface area is 799 Å². The van der Waals surface area contributed by atoms with Crippen LogP contribution in [0.25, 0.3) is 285 Å². The summed E-state index contributed by atoms with van der Waals surface area (Å²) in [6.07, 6.45) is 0. The fraction of sp³-hybridized carbons (Fsp3) is 0. The SMILES string of the molecule is c1ccc(-c2nc(-c3ccc4oc5ccccc5c4c3)nc(-c3cc4ccccc4cc3-c3cccc4c3ccc3c5ccccc5ccc43)n2)cc1.c1ccc(-c2nc(-c3cccc4c3ccc3c5ccccc5ccc43)nc(-c3cccc4oc5ccccc5c34)n2)cc1.c1ccc(-c2nc(-c3cccc4c3ccc3c5ccccc5ccc43)nc(-c3cccc4sc5ccccc5c34)n2)cc1. The van der Waals surface area contributed by atoms with E-state index in [1.54, 1.807) is 11.3 Å². The van der Waals surface area contributed by atoms with Gasteiger partial charge in [-0.05, 0) is 180 Å². The van der Waals surface area contributed by atoms with Crippen molar-refractivity contribution in [1.29, 1.82) is 0 Å². The van der Waals surface area contributed by atoms with Gasteiger partial charge in [0.05, 0.1) is 0 Å². The summed E-state index contributed by atoms with van der Waals surface area (Å²) in [7, 11) is 0. The van der Waals surface area contributed by atoms with E-state index in [4.69, 9.17) is 53.7 Å². The van der Waals surface area contributed by atoms with Gasteiger partial charge in [-0.1, -0.05) is 394 Å². The van der Waals surface area contributed by atoms with Gasteiger partial charge in [0.2, 0.25) is 0 Å². The average molecular weight is 1790 g/mol. The quantitative estimate of drug-likeness (QED) is 0.121. The molecule has 646 valence electrons. The Hall–Kier alpha value is -18.5. The molecule has 29 aromatic rings. The smallest absolute Gasteiger partial charge is 0.164 e. The maximum atomic E-state index is 6.20. The molecule has 29 rings (SSSR count). The monoisotopic (exact) mass is 1790 g/mol. The zero-order valence-electron chi connectivity index (χ0n) is 74.6.